The van der Waals surface area contributed by atoms with Gasteiger partial charge in [0.15, 0.2) is 0 Å². The zero-order valence-electron chi connectivity index (χ0n) is 17.6. The number of anilines is 3. The molecule has 2 amide bonds. The van der Waals surface area contributed by atoms with Crippen molar-refractivity contribution in [2.24, 2.45) is 0 Å². The van der Waals surface area contributed by atoms with Gasteiger partial charge in [-0.1, -0.05) is 24.3 Å². The van der Waals surface area contributed by atoms with Crippen LogP contribution < -0.4 is 16.0 Å². The van der Waals surface area contributed by atoms with Gasteiger partial charge in [0.25, 0.3) is 12.3 Å². The number of hydrogen-bond donors (Lipinski definition) is 3. The van der Waals surface area contributed by atoms with Crippen molar-refractivity contribution in [3.63, 3.8) is 0 Å². The molecule has 0 heterocycles. The largest absolute Gasteiger partial charge is 0.418 e. The van der Waals surface area contributed by atoms with Crippen LogP contribution in [0.3, 0.4) is 0 Å². The third-order valence-electron chi connectivity index (χ3n) is 4.34. The maximum Gasteiger partial charge on any atom is 0.418 e. The van der Waals surface area contributed by atoms with E-state index in [9.17, 15) is 35.9 Å². The monoisotopic (exact) mass is 483 g/mol. The number of benzene rings is 3. The van der Waals surface area contributed by atoms with Crippen LogP contribution in [0.1, 0.15) is 27.9 Å². The van der Waals surface area contributed by atoms with Crippen molar-refractivity contribution in [2.75, 3.05) is 23.0 Å². The molecule has 5 nitrogen and oxygen atoms in total. The van der Waals surface area contributed by atoms with Gasteiger partial charge in [0.05, 0.1) is 16.8 Å². The van der Waals surface area contributed by atoms with E-state index < -0.39 is 35.6 Å². The predicted molar refractivity (Wildman–Crippen MR) is 116 cm³/mol. The number of carbonyl (C=O) groups excluding carboxylic acids is 2. The Labute approximate surface area is 190 Å². The van der Waals surface area contributed by atoms with Gasteiger partial charge >= 0.3 is 6.18 Å². The molecule has 11 heteroatoms. The number of hydrogen-bond acceptors (Lipinski definition) is 3. The molecule has 0 aliphatic rings. The molecular weight excluding hydrogens is 464 g/mol. The second-order valence-electron chi connectivity index (χ2n) is 6.63. The van der Waals surface area contributed by atoms with Crippen molar-refractivity contribution in [3.8, 4) is 0 Å². The van der Waals surface area contributed by atoms with E-state index in [0.717, 1.165) is 18.2 Å². The molecule has 3 aromatic rings. The molecule has 0 radical (unpaired) electrons. The molecule has 3 N–H and O–H groups in total. The predicted octanol–water partition coefficient (Wildman–Crippen LogP) is 6.33. The third-order valence-corrected chi connectivity index (χ3v) is 4.34. The van der Waals surface area contributed by atoms with E-state index in [1.807, 2.05) is 5.32 Å². The van der Waals surface area contributed by atoms with Crippen molar-refractivity contribution < 1.29 is 35.9 Å². The fraction of sp³-hybridized carbons (Fsp3) is 0.130. The molecule has 0 aliphatic carbocycles. The van der Waals surface area contributed by atoms with Gasteiger partial charge in [0.1, 0.15) is 5.82 Å². The topological polar surface area (TPSA) is 70.2 Å². The fourth-order valence-electron chi connectivity index (χ4n) is 2.71. The van der Waals surface area contributed by atoms with Crippen LogP contribution >= 0.6 is 0 Å². The van der Waals surface area contributed by atoms with Crippen molar-refractivity contribution >= 4 is 29.4 Å². The fourth-order valence-corrected chi connectivity index (χ4v) is 2.71. The van der Waals surface area contributed by atoms with Gasteiger partial charge in [0, 0.05) is 24.0 Å². The molecule has 0 saturated carbocycles. The number of alkyl halides is 5. The Morgan fingerprint density at radius 2 is 1.65 bits per heavy atom. The van der Waals surface area contributed by atoms with Crippen molar-refractivity contribution in [1.29, 1.82) is 0 Å². The van der Waals surface area contributed by atoms with Gasteiger partial charge in [-0.25, -0.2) is 13.2 Å². The molecule has 3 aromatic carbocycles. The molecule has 0 fully saturated rings. The average Bonchev–Trinajstić information content (AvgIpc) is 2.80. The van der Waals surface area contributed by atoms with Crippen LogP contribution in [0.4, 0.5) is 43.4 Å². The third kappa shape index (κ3) is 7.26. The minimum atomic E-state index is -4.77. The summed E-state index contributed by atoms with van der Waals surface area (Å²) >= 11 is 0. The molecule has 34 heavy (non-hydrogen) atoms. The highest BCUT2D eigenvalue weighted by atomic mass is 19.4. The Hall–Kier alpha value is -4.02. The summed E-state index contributed by atoms with van der Waals surface area (Å²) < 4.78 is 76.8. The number of nitrogens with one attached hydrogen (secondary N) is 3. The summed E-state index contributed by atoms with van der Waals surface area (Å²) in [6.45, 7) is 0. The highest BCUT2D eigenvalue weighted by Gasteiger charge is 2.34. The number of rotatable bonds is 6. The van der Waals surface area contributed by atoms with Gasteiger partial charge in [0.2, 0.25) is 6.41 Å². The van der Waals surface area contributed by atoms with Crippen molar-refractivity contribution in [3.05, 3.63) is 89.2 Å². The Morgan fingerprint density at radius 1 is 0.941 bits per heavy atom. The Balaban J connectivity index is 0.000000310. The highest BCUT2D eigenvalue weighted by molar-refractivity contribution is 6.05. The molecule has 0 aromatic heterocycles. The summed E-state index contributed by atoms with van der Waals surface area (Å²) in [7, 11) is 1.70. The highest BCUT2D eigenvalue weighted by Crippen LogP contribution is 2.36. The van der Waals surface area contributed by atoms with Crippen LogP contribution in [0.5, 0.6) is 0 Å². The number of halogens is 6. The van der Waals surface area contributed by atoms with Gasteiger partial charge < -0.3 is 16.0 Å². The normalized spacial score (nSPS) is 10.7. The second kappa shape index (κ2) is 11.7. The molecule has 0 saturated heterocycles. The van der Waals surface area contributed by atoms with Crippen molar-refractivity contribution in [2.45, 2.75) is 12.6 Å². The summed E-state index contributed by atoms with van der Waals surface area (Å²) in [5, 5.41) is 6.91. The van der Waals surface area contributed by atoms with Gasteiger partial charge in [-0.05, 0) is 42.5 Å². The molecule has 0 aliphatic heterocycles. The van der Waals surface area contributed by atoms with E-state index in [2.05, 4.69) is 10.6 Å². The first kappa shape index (κ1) is 26.2. The molecular formula is C23H19F6N3O2. The van der Waals surface area contributed by atoms with E-state index in [1.165, 1.54) is 30.3 Å². The summed E-state index contributed by atoms with van der Waals surface area (Å²) in [6, 6.07) is 13.9. The van der Waals surface area contributed by atoms with Gasteiger partial charge in [-0.3, -0.25) is 9.59 Å². The Kier molecular flexibility index (Phi) is 9.05. The van der Waals surface area contributed by atoms with Crippen LogP contribution in [-0.4, -0.2) is 19.4 Å². The first-order chi connectivity index (χ1) is 16.1. The van der Waals surface area contributed by atoms with E-state index in [4.69, 9.17) is 0 Å². The van der Waals surface area contributed by atoms with E-state index in [-0.39, 0.29) is 23.2 Å². The van der Waals surface area contributed by atoms with Crippen LogP contribution in [0, 0.1) is 5.82 Å². The second-order valence-corrected chi connectivity index (χ2v) is 6.63. The lowest BCUT2D eigenvalue weighted by Crippen LogP contribution is -2.18. The lowest BCUT2D eigenvalue weighted by atomic mass is 10.1. The average molecular weight is 483 g/mol. The van der Waals surface area contributed by atoms with E-state index in [0.29, 0.717) is 11.8 Å². The standard InChI is InChI=1S/C15H10F4N2O2.C8H9F2N/c16-12-4-2-1-3-10(12)14(23)21-13-6-5-9(20-8-22)7-11(13)15(17,18)19;1-11-7-4-2-3-6(5-7)8(9)10/h1-8H,(H,20,22)(H,21,23);2-5,8,11H,1H3. The number of carbonyl (C=O) groups is 2. The summed E-state index contributed by atoms with van der Waals surface area (Å²) in [5.41, 5.74) is -1.40. The van der Waals surface area contributed by atoms with E-state index >= 15 is 0 Å². The Bertz CT molecular complexity index is 1140. The van der Waals surface area contributed by atoms with Crippen LogP contribution in [-0.2, 0) is 11.0 Å². The van der Waals surface area contributed by atoms with Crippen molar-refractivity contribution in [1.82, 2.24) is 0 Å². The minimum Gasteiger partial charge on any atom is -0.388 e. The zero-order chi connectivity index (χ0) is 25.3. The molecule has 0 bridgehead atoms. The number of amides is 2. The minimum absolute atomic E-state index is 0.0526. The molecule has 3 rings (SSSR count). The summed E-state index contributed by atoms with van der Waals surface area (Å²) in [5.74, 6) is -1.86. The van der Waals surface area contributed by atoms with Crippen LogP contribution in [0.2, 0.25) is 0 Å². The van der Waals surface area contributed by atoms with Crippen LogP contribution in [0.15, 0.2) is 66.7 Å². The summed E-state index contributed by atoms with van der Waals surface area (Å²) in [6.07, 6.45) is -6.92. The molecule has 180 valence electrons. The SMILES string of the molecule is CNc1cccc(C(F)F)c1.O=CNc1ccc(NC(=O)c2ccccc2F)c(C(F)(F)F)c1. The van der Waals surface area contributed by atoms with Gasteiger partial charge in [-0.15, -0.1) is 0 Å². The maximum atomic E-state index is 13.5. The van der Waals surface area contributed by atoms with E-state index in [1.54, 1.807) is 19.2 Å². The smallest absolute Gasteiger partial charge is 0.388 e. The van der Waals surface area contributed by atoms with Crippen LogP contribution in [0.25, 0.3) is 0 Å². The quantitative estimate of drug-likeness (QED) is 0.283. The summed E-state index contributed by atoms with van der Waals surface area (Å²) in [4.78, 5) is 22.3. The Morgan fingerprint density at radius 3 is 2.24 bits per heavy atom. The molecule has 0 spiro atoms. The van der Waals surface area contributed by atoms with Gasteiger partial charge in [-0.2, -0.15) is 13.2 Å². The lowest BCUT2D eigenvalue weighted by Gasteiger charge is -2.15. The maximum absolute atomic E-state index is 13.5. The first-order valence-corrected chi connectivity index (χ1v) is 9.60. The molecule has 0 atom stereocenters. The zero-order valence-corrected chi connectivity index (χ0v) is 17.6. The molecule has 0 unspecified atom stereocenters. The first-order valence-electron chi connectivity index (χ1n) is 9.60. The lowest BCUT2D eigenvalue weighted by molar-refractivity contribution is -0.136.